The summed E-state index contributed by atoms with van der Waals surface area (Å²) in [6.45, 7) is 3.52. The van der Waals surface area contributed by atoms with Crippen molar-refractivity contribution in [1.82, 2.24) is 0 Å². The van der Waals surface area contributed by atoms with Gasteiger partial charge < -0.3 is 9.57 Å². The van der Waals surface area contributed by atoms with Crippen LogP contribution in [0.3, 0.4) is 0 Å². The normalized spacial score (nSPS) is 39.9. The zero-order valence-electron chi connectivity index (χ0n) is 5.33. The number of rotatable bonds is 0. The van der Waals surface area contributed by atoms with E-state index in [4.69, 9.17) is 9.57 Å². The van der Waals surface area contributed by atoms with Crippen molar-refractivity contribution in [2.45, 2.75) is 13.0 Å². The van der Waals surface area contributed by atoms with Gasteiger partial charge in [0, 0.05) is 0 Å². The van der Waals surface area contributed by atoms with Gasteiger partial charge in [0.2, 0.25) is 0 Å². The molecule has 0 N–H and O–H groups in total. The largest absolute Gasteiger partial charge is 0.395 e. The molecule has 0 aromatic rings. The van der Waals surface area contributed by atoms with E-state index in [1.54, 1.807) is 0 Å². The monoisotopic (exact) mass is 127 g/mol. The van der Waals surface area contributed by atoms with Crippen LogP contribution in [-0.2, 0) is 9.57 Å². The molecule has 0 amide bonds. The second-order valence-corrected chi connectivity index (χ2v) is 2.48. The third kappa shape index (κ3) is 0.645. The minimum atomic E-state index is 0.192. The Morgan fingerprint density at radius 3 is 3.22 bits per heavy atom. The predicted octanol–water partition coefficient (Wildman–Crippen LogP) is 0.407. The van der Waals surface area contributed by atoms with Crippen LogP contribution in [-0.4, -0.2) is 25.0 Å². The zero-order chi connectivity index (χ0) is 6.27. The first kappa shape index (κ1) is 5.23. The quantitative estimate of drug-likeness (QED) is 0.471. The zero-order valence-corrected chi connectivity index (χ0v) is 5.33. The van der Waals surface area contributed by atoms with E-state index in [2.05, 4.69) is 5.16 Å². The molecular weight excluding hydrogens is 118 g/mol. The summed E-state index contributed by atoms with van der Waals surface area (Å²) in [4.78, 5) is 4.89. The maximum absolute atomic E-state index is 5.31. The third-order valence-electron chi connectivity index (χ3n) is 1.83. The van der Waals surface area contributed by atoms with Gasteiger partial charge in [-0.25, -0.2) is 0 Å². The van der Waals surface area contributed by atoms with Crippen LogP contribution in [0.25, 0.3) is 0 Å². The smallest absolute Gasteiger partial charge is 0.127 e. The molecular formula is C6H9NO2. The molecule has 1 saturated heterocycles. The highest BCUT2D eigenvalue weighted by molar-refractivity contribution is 5.92. The van der Waals surface area contributed by atoms with Gasteiger partial charge in [-0.1, -0.05) is 5.16 Å². The first-order chi connectivity index (χ1) is 4.38. The summed E-state index contributed by atoms with van der Waals surface area (Å²) in [7, 11) is 0. The Morgan fingerprint density at radius 2 is 2.44 bits per heavy atom. The molecule has 0 aliphatic carbocycles. The molecule has 50 valence electrons. The lowest BCUT2D eigenvalue weighted by Crippen LogP contribution is -2.14. The minimum Gasteiger partial charge on any atom is -0.395 e. The summed E-state index contributed by atoms with van der Waals surface area (Å²) in [5.74, 6) is 0.458. The van der Waals surface area contributed by atoms with E-state index in [1.807, 2.05) is 6.92 Å². The number of nitrogens with zero attached hydrogens (tertiary/aromatic N) is 1. The molecule has 0 saturated carbocycles. The summed E-state index contributed by atoms with van der Waals surface area (Å²) in [5.41, 5.74) is 1.09. The van der Waals surface area contributed by atoms with E-state index in [0.29, 0.717) is 5.92 Å². The van der Waals surface area contributed by atoms with Gasteiger partial charge >= 0.3 is 0 Å². The summed E-state index contributed by atoms with van der Waals surface area (Å²) in [5, 5.41) is 3.87. The highest BCUT2D eigenvalue weighted by Crippen LogP contribution is 2.21. The standard InChI is InChI=1S/C6H9NO2/c1-4-6-5(2-8-4)3-9-7-6/h4-5H,2-3H2,1H3. The predicted molar refractivity (Wildman–Crippen MR) is 32.3 cm³/mol. The lowest BCUT2D eigenvalue weighted by atomic mass is 10.1. The first-order valence-electron chi connectivity index (χ1n) is 3.19. The number of fused-ring (bicyclic) bond motifs is 1. The fourth-order valence-corrected chi connectivity index (χ4v) is 1.25. The summed E-state index contributed by atoms with van der Waals surface area (Å²) >= 11 is 0. The molecule has 2 rings (SSSR count). The molecule has 2 heterocycles. The topological polar surface area (TPSA) is 30.8 Å². The van der Waals surface area contributed by atoms with Crippen LogP contribution in [0.4, 0.5) is 0 Å². The first-order valence-corrected chi connectivity index (χ1v) is 3.19. The molecule has 0 spiro atoms. The van der Waals surface area contributed by atoms with Crippen LogP contribution in [0.1, 0.15) is 6.92 Å². The van der Waals surface area contributed by atoms with E-state index in [9.17, 15) is 0 Å². The molecule has 0 radical (unpaired) electrons. The van der Waals surface area contributed by atoms with Gasteiger partial charge in [0.25, 0.3) is 0 Å². The molecule has 1 fully saturated rings. The Kier molecular flexibility index (Phi) is 0.990. The molecule has 9 heavy (non-hydrogen) atoms. The maximum Gasteiger partial charge on any atom is 0.127 e. The molecule has 0 bridgehead atoms. The van der Waals surface area contributed by atoms with Crippen molar-refractivity contribution in [3.63, 3.8) is 0 Å². The molecule has 3 nitrogen and oxygen atoms in total. The SMILES string of the molecule is CC1OCC2CON=C21. The van der Waals surface area contributed by atoms with Crippen molar-refractivity contribution < 1.29 is 9.57 Å². The van der Waals surface area contributed by atoms with E-state index in [1.165, 1.54) is 0 Å². The number of hydrogen-bond acceptors (Lipinski definition) is 3. The van der Waals surface area contributed by atoms with Crippen molar-refractivity contribution >= 4 is 5.71 Å². The highest BCUT2D eigenvalue weighted by Gasteiger charge is 2.34. The molecule has 2 aliphatic rings. The van der Waals surface area contributed by atoms with E-state index >= 15 is 0 Å². The molecule has 0 aromatic heterocycles. The van der Waals surface area contributed by atoms with E-state index in [-0.39, 0.29) is 6.10 Å². The Labute approximate surface area is 53.6 Å². The van der Waals surface area contributed by atoms with Crippen molar-refractivity contribution in [3.05, 3.63) is 0 Å². The van der Waals surface area contributed by atoms with Crippen molar-refractivity contribution in [3.8, 4) is 0 Å². The molecule has 2 atom stereocenters. The fourth-order valence-electron chi connectivity index (χ4n) is 1.25. The van der Waals surface area contributed by atoms with Gasteiger partial charge in [-0.3, -0.25) is 0 Å². The van der Waals surface area contributed by atoms with E-state index in [0.717, 1.165) is 18.9 Å². The van der Waals surface area contributed by atoms with Crippen molar-refractivity contribution in [2.75, 3.05) is 13.2 Å². The number of ether oxygens (including phenoxy) is 1. The van der Waals surface area contributed by atoms with Crippen LogP contribution in [0.5, 0.6) is 0 Å². The molecule has 3 heteroatoms. The second-order valence-electron chi connectivity index (χ2n) is 2.48. The molecule has 0 aromatic carbocycles. The Hall–Kier alpha value is -0.570. The van der Waals surface area contributed by atoms with Crippen LogP contribution < -0.4 is 0 Å². The van der Waals surface area contributed by atoms with Crippen LogP contribution >= 0.6 is 0 Å². The van der Waals surface area contributed by atoms with E-state index < -0.39 is 0 Å². The second kappa shape index (κ2) is 1.70. The van der Waals surface area contributed by atoms with Crippen LogP contribution in [0, 0.1) is 5.92 Å². The maximum atomic E-state index is 5.31. The fraction of sp³-hybridized carbons (Fsp3) is 0.833. The van der Waals surface area contributed by atoms with Gasteiger partial charge in [0.15, 0.2) is 0 Å². The average Bonchev–Trinajstić information content (AvgIpc) is 2.35. The Morgan fingerprint density at radius 1 is 1.56 bits per heavy atom. The van der Waals surface area contributed by atoms with Gasteiger partial charge in [-0.15, -0.1) is 0 Å². The van der Waals surface area contributed by atoms with Gasteiger partial charge in [-0.2, -0.15) is 0 Å². The van der Waals surface area contributed by atoms with Crippen molar-refractivity contribution in [2.24, 2.45) is 11.1 Å². The van der Waals surface area contributed by atoms with Crippen LogP contribution in [0.2, 0.25) is 0 Å². The molecule has 2 aliphatic heterocycles. The summed E-state index contributed by atoms with van der Waals surface area (Å²) in [6, 6.07) is 0. The van der Waals surface area contributed by atoms with Gasteiger partial charge in [0.1, 0.15) is 6.61 Å². The number of hydrogen-bond donors (Lipinski definition) is 0. The number of oxime groups is 1. The van der Waals surface area contributed by atoms with Crippen molar-refractivity contribution in [1.29, 1.82) is 0 Å². The van der Waals surface area contributed by atoms with Gasteiger partial charge in [0.05, 0.1) is 24.3 Å². The molecule has 2 unspecified atom stereocenters. The lowest BCUT2D eigenvalue weighted by Gasteiger charge is -1.97. The highest BCUT2D eigenvalue weighted by atomic mass is 16.6. The third-order valence-corrected chi connectivity index (χ3v) is 1.83. The van der Waals surface area contributed by atoms with Gasteiger partial charge in [-0.05, 0) is 6.92 Å². The summed E-state index contributed by atoms with van der Waals surface area (Å²) in [6.07, 6.45) is 0.192. The van der Waals surface area contributed by atoms with Crippen LogP contribution in [0.15, 0.2) is 5.16 Å². The minimum absolute atomic E-state index is 0.192. The Balaban J connectivity index is 2.22. The lowest BCUT2D eigenvalue weighted by molar-refractivity contribution is 0.0856. The Bertz CT molecular complexity index is 155. The summed E-state index contributed by atoms with van der Waals surface area (Å²) < 4.78 is 5.31. The average molecular weight is 127 g/mol.